The van der Waals surface area contributed by atoms with Crippen LogP contribution in [0.5, 0.6) is 11.5 Å². The van der Waals surface area contributed by atoms with E-state index in [1.807, 2.05) is 0 Å². The Morgan fingerprint density at radius 1 is 1.56 bits per heavy atom. The maximum atomic E-state index is 12.5. The van der Waals surface area contributed by atoms with Crippen LogP contribution in [-0.4, -0.2) is 32.6 Å². The van der Waals surface area contributed by atoms with Crippen LogP contribution in [0.3, 0.4) is 0 Å². The highest BCUT2D eigenvalue weighted by Gasteiger charge is 2.29. The molecule has 0 bridgehead atoms. The van der Waals surface area contributed by atoms with Crippen molar-refractivity contribution in [2.45, 2.75) is 6.43 Å². The maximum Gasteiger partial charge on any atom is 0.265 e. The first-order chi connectivity index (χ1) is 8.52. The summed E-state index contributed by atoms with van der Waals surface area (Å²) in [6.07, 6.45) is -2.60. The summed E-state index contributed by atoms with van der Waals surface area (Å²) in [5.74, 6) is 0.335. The second-order valence-electron chi connectivity index (χ2n) is 3.64. The number of hydrogen-bond acceptors (Lipinski definition) is 3. The molecule has 2 rings (SSSR count). The predicted octanol–water partition coefficient (Wildman–Crippen LogP) is 2.45. The fourth-order valence-electron chi connectivity index (χ4n) is 1.70. The lowest BCUT2D eigenvalue weighted by Crippen LogP contribution is -2.41. The quantitative estimate of drug-likeness (QED) is 0.858. The SMILES string of the molecule is COc1cc2c(cc1Br)OCC(=O)N2CC(F)F. The Morgan fingerprint density at radius 3 is 2.89 bits per heavy atom. The highest BCUT2D eigenvalue weighted by Crippen LogP contribution is 2.40. The van der Waals surface area contributed by atoms with Crippen LogP contribution in [0.4, 0.5) is 14.5 Å². The molecule has 0 aliphatic carbocycles. The fraction of sp³-hybridized carbons (Fsp3) is 0.364. The van der Waals surface area contributed by atoms with E-state index < -0.39 is 18.9 Å². The van der Waals surface area contributed by atoms with Crippen molar-refractivity contribution < 1.29 is 23.0 Å². The Bertz CT molecular complexity index is 482. The van der Waals surface area contributed by atoms with Crippen molar-refractivity contribution in [1.29, 1.82) is 0 Å². The van der Waals surface area contributed by atoms with Crippen molar-refractivity contribution in [2.24, 2.45) is 0 Å². The van der Waals surface area contributed by atoms with E-state index in [4.69, 9.17) is 9.47 Å². The van der Waals surface area contributed by atoms with E-state index in [1.165, 1.54) is 13.2 Å². The van der Waals surface area contributed by atoms with Gasteiger partial charge in [0, 0.05) is 12.1 Å². The molecule has 1 aliphatic heterocycles. The summed E-state index contributed by atoms with van der Waals surface area (Å²) in [6.45, 7) is -0.890. The zero-order valence-electron chi connectivity index (χ0n) is 9.45. The third-order valence-corrected chi connectivity index (χ3v) is 3.12. The van der Waals surface area contributed by atoms with E-state index >= 15 is 0 Å². The molecule has 18 heavy (non-hydrogen) atoms. The van der Waals surface area contributed by atoms with Crippen molar-refractivity contribution in [3.63, 3.8) is 0 Å². The van der Waals surface area contributed by atoms with Gasteiger partial charge in [0.25, 0.3) is 12.3 Å². The minimum absolute atomic E-state index is 0.238. The minimum Gasteiger partial charge on any atom is -0.495 e. The van der Waals surface area contributed by atoms with E-state index in [2.05, 4.69) is 15.9 Å². The van der Waals surface area contributed by atoms with Crippen molar-refractivity contribution in [3.8, 4) is 11.5 Å². The zero-order chi connectivity index (χ0) is 13.3. The monoisotopic (exact) mass is 321 g/mol. The van der Waals surface area contributed by atoms with Crippen LogP contribution in [0, 0.1) is 0 Å². The molecule has 1 aromatic rings. The molecule has 7 heteroatoms. The van der Waals surface area contributed by atoms with Gasteiger partial charge in [-0.15, -0.1) is 0 Å². The lowest BCUT2D eigenvalue weighted by atomic mass is 10.2. The summed E-state index contributed by atoms with van der Waals surface area (Å²) in [5.41, 5.74) is 0.298. The molecular formula is C11H10BrF2NO3. The van der Waals surface area contributed by atoms with Crippen LogP contribution in [0.2, 0.25) is 0 Å². The number of halogens is 3. The number of methoxy groups -OCH3 is 1. The average Bonchev–Trinajstić information content (AvgIpc) is 2.32. The van der Waals surface area contributed by atoms with Gasteiger partial charge in [-0.3, -0.25) is 4.79 Å². The van der Waals surface area contributed by atoms with Gasteiger partial charge >= 0.3 is 0 Å². The Balaban J connectivity index is 2.44. The highest BCUT2D eigenvalue weighted by atomic mass is 79.9. The molecule has 0 fully saturated rings. The highest BCUT2D eigenvalue weighted by molar-refractivity contribution is 9.10. The molecule has 1 aliphatic rings. The Kier molecular flexibility index (Phi) is 3.70. The molecule has 4 nitrogen and oxygen atoms in total. The summed E-state index contributed by atoms with van der Waals surface area (Å²) in [5, 5.41) is 0. The second kappa shape index (κ2) is 5.09. The van der Waals surface area contributed by atoms with E-state index in [1.54, 1.807) is 6.07 Å². The van der Waals surface area contributed by atoms with Gasteiger partial charge in [-0.2, -0.15) is 0 Å². The molecule has 0 spiro atoms. The van der Waals surface area contributed by atoms with Crippen molar-refractivity contribution in [3.05, 3.63) is 16.6 Å². The molecule has 0 radical (unpaired) electrons. The number of alkyl halides is 2. The summed E-state index contributed by atoms with van der Waals surface area (Å²) < 4.78 is 35.9. The maximum absolute atomic E-state index is 12.5. The number of anilines is 1. The van der Waals surface area contributed by atoms with Gasteiger partial charge in [-0.25, -0.2) is 8.78 Å². The van der Waals surface area contributed by atoms with E-state index in [-0.39, 0.29) is 6.61 Å². The largest absolute Gasteiger partial charge is 0.495 e. The normalized spacial score (nSPS) is 14.5. The number of ether oxygens (including phenoxy) is 2. The van der Waals surface area contributed by atoms with Crippen LogP contribution in [-0.2, 0) is 4.79 Å². The topological polar surface area (TPSA) is 38.8 Å². The number of carbonyl (C=O) groups excluding carboxylic acids is 1. The van der Waals surface area contributed by atoms with Gasteiger partial charge in [-0.1, -0.05) is 0 Å². The number of carbonyl (C=O) groups is 1. The van der Waals surface area contributed by atoms with Gasteiger partial charge in [-0.05, 0) is 15.9 Å². The molecule has 0 N–H and O–H groups in total. The van der Waals surface area contributed by atoms with Crippen LogP contribution < -0.4 is 14.4 Å². The van der Waals surface area contributed by atoms with Crippen LogP contribution in [0.1, 0.15) is 0 Å². The van der Waals surface area contributed by atoms with Crippen molar-refractivity contribution in [2.75, 3.05) is 25.2 Å². The second-order valence-corrected chi connectivity index (χ2v) is 4.49. The first-order valence-corrected chi connectivity index (χ1v) is 5.91. The lowest BCUT2D eigenvalue weighted by Gasteiger charge is -2.29. The van der Waals surface area contributed by atoms with Crippen LogP contribution >= 0.6 is 15.9 Å². The number of benzene rings is 1. The number of amides is 1. The van der Waals surface area contributed by atoms with Gasteiger partial charge in [0.15, 0.2) is 6.61 Å². The molecule has 0 saturated carbocycles. The first-order valence-electron chi connectivity index (χ1n) is 5.11. The van der Waals surface area contributed by atoms with Crippen LogP contribution in [0.25, 0.3) is 0 Å². The molecule has 98 valence electrons. The number of fused-ring (bicyclic) bond motifs is 1. The van der Waals surface area contributed by atoms with Crippen molar-refractivity contribution in [1.82, 2.24) is 0 Å². The van der Waals surface area contributed by atoms with Crippen LogP contribution in [0.15, 0.2) is 16.6 Å². The molecule has 0 saturated heterocycles. The standard InChI is InChI=1S/C11H10BrF2NO3/c1-17-8-3-7-9(2-6(8)12)18-5-11(16)15(7)4-10(13)14/h2-3,10H,4-5H2,1H3. The minimum atomic E-state index is -2.60. The van der Waals surface area contributed by atoms with Gasteiger partial charge in [0.2, 0.25) is 0 Å². The van der Waals surface area contributed by atoms with Gasteiger partial charge < -0.3 is 14.4 Å². The van der Waals surface area contributed by atoms with E-state index in [0.717, 1.165) is 4.90 Å². The summed E-state index contributed by atoms with van der Waals surface area (Å²) in [4.78, 5) is 12.6. The summed E-state index contributed by atoms with van der Waals surface area (Å²) in [7, 11) is 1.45. The first kappa shape index (κ1) is 13.1. The lowest BCUT2D eigenvalue weighted by molar-refractivity contribution is -0.121. The molecule has 1 aromatic carbocycles. The molecule has 0 aromatic heterocycles. The zero-order valence-corrected chi connectivity index (χ0v) is 11.0. The predicted molar refractivity (Wildman–Crippen MR) is 64.5 cm³/mol. The summed E-state index contributed by atoms with van der Waals surface area (Å²) >= 11 is 3.26. The third kappa shape index (κ3) is 2.40. The fourth-order valence-corrected chi connectivity index (χ4v) is 2.18. The average molecular weight is 322 g/mol. The molecule has 1 amide bonds. The number of nitrogens with zero attached hydrogens (tertiary/aromatic N) is 1. The van der Waals surface area contributed by atoms with E-state index in [0.29, 0.717) is 21.7 Å². The Labute approximate surface area is 111 Å². The Hall–Kier alpha value is -1.37. The van der Waals surface area contributed by atoms with Crippen molar-refractivity contribution >= 4 is 27.5 Å². The Morgan fingerprint density at radius 2 is 2.28 bits per heavy atom. The molecular weight excluding hydrogens is 312 g/mol. The number of rotatable bonds is 3. The van der Waals surface area contributed by atoms with E-state index in [9.17, 15) is 13.6 Å². The number of hydrogen-bond donors (Lipinski definition) is 0. The van der Waals surface area contributed by atoms with Gasteiger partial charge in [0.1, 0.15) is 11.5 Å². The molecule has 1 heterocycles. The molecule has 0 atom stereocenters. The van der Waals surface area contributed by atoms with Gasteiger partial charge in [0.05, 0.1) is 23.8 Å². The smallest absolute Gasteiger partial charge is 0.265 e. The summed E-state index contributed by atoms with van der Waals surface area (Å²) in [6, 6.07) is 3.10. The third-order valence-electron chi connectivity index (χ3n) is 2.50. The molecule has 0 unspecified atom stereocenters.